The second-order valence-electron chi connectivity index (χ2n) is 5.18. The first kappa shape index (κ1) is 13.3. The molecule has 0 amide bonds. The van der Waals surface area contributed by atoms with Crippen molar-refractivity contribution >= 4 is 17.4 Å². The van der Waals surface area contributed by atoms with Gasteiger partial charge in [0, 0.05) is 32.1 Å². The molecule has 0 bridgehead atoms. The fourth-order valence-corrected chi connectivity index (χ4v) is 2.96. The highest BCUT2D eigenvalue weighted by Gasteiger charge is 2.25. The van der Waals surface area contributed by atoms with Crippen LogP contribution in [-0.2, 0) is 7.05 Å². The van der Waals surface area contributed by atoms with Crippen LogP contribution < -0.4 is 4.90 Å². The highest BCUT2D eigenvalue weighted by Crippen LogP contribution is 2.28. The zero-order valence-electron chi connectivity index (χ0n) is 11.6. The van der Waals surface area contributed by atoms with Gasteiger partial charge in [0.15, 0.2) is 0 Å². The molecule has 3 rings (SSSR count). The zero-order chi connectivity index (χ0) is 14.1. The van der Waals surface area contributed by atoms with Gasteiger partial charge < -0.3 is 9.47 Å². The van der Waals surface area contributed by atoms with Crippen LogP contribution in [0.25, 0.3) is 0 Å². The quantitative estimate of drug-likeness (QED) is 0.792. The van der Waals surface area contributed by atoms with Gasteiger partial charge in [0.2, 0.25) is 0 Å². The van der Waals surface area contributed by atoms with E-state index in [4.69, 9.17) is 11.6 Å². The summed E-state index contributed by atoms with van der Waals surface area (Å²) in [5.74, 6) is 3.01. The Bertz CT molecular complexity index is 590. The molecule has 0 spiro atoms. The van der Waals surface area contributed by atoms with Crippen molar-refractivity contribution in [2.24, 2.45) is 7.05 Å². The van der Waals surface area contributed by atoms with E-state index in [1.165, 1.54) is 0 Å². The Hall–Kier alpha value is -1.69. The maximum absolute atomic E-state index is 6.03. The second-order valence-corrected chi connectivity index (χ2v) is 5.57. The lowest BCUT2D eigenvalue weighted by Gasteiger charge is -2.33. The van der Waals surface area contributed by atoms with Crippen LogP contribution in [0.2, 0.25) is 5.15 Å². The molecule has 3 heterocycles. The topological polar surface area (TPSA) is 59.7 Å². The molecule has 1 fully saturated rings. The normalized spacial score (nSPS) is 19.4. The van der Waals surface area contributed by atoms with Gasteiger partial charge in [-0.25, -0.2) is 9.97 Å². The van der Waals surface area contributed by atoms with E-state index < -0.39 is 0 Å². The van der Waals surface area contributed by atoms with Gasteiger partial charge in [0.05, 0.1) is 0 Å². The molecule has 2 aromatic heterocycles. The number of hydrogen-bond acceptors (Lipinski definition) is 5. The third-order valence-electron chi connectivity index (χ3n) is 3.65. The summed E-state index contributed by atoms with van der Waals surface area (Å²) in [4.78, 5) is 10.9. The van der Waals surface area contributed by atoms with Crippen molar-refractivity contribution in [1.82, 2.24) is 24.7 Å². The van der Waals surface area contributed by atoms with Gasteiger partial charge in [-0.3, -0.25) is 0 Å². The summed E-state index contributed by atoms with van der Waals surface area (Å²) in [6.45, 7) is 3.74. The number of anilines is 1. The molecule has 6 nitrogen and oxygen atoms in total. The monoisotopic (exact) mass is 292 g/mol. The molecule has 106 valence electrons. The number of nitrogens with zero attached hydrogens (tertiary/aromatic N) is 6. The lowest BCUT2D eigenvalue weighted by atomic mass is 9.97. The molecular weight excluding hydrogens is 276 g/mol. The second kappa shape index (κ2) is 5.36. The molecule has 1 unspecified atom stereocenters. The van der Waals surface area contributed by atoms with Crippen LogP contribution in [0, 0.1) is 6.92 Å². The minimum absolute atomic E-state index is 0.380. The molecule has 0 N–H and O–H groups in total. The third kappa shape index (κ3) is 2.60. The Morgan fingerprint density at radius 2 is 2.20 bits per heavy atom. The number of hydrogen-bond donors (Lipinski definition) is 0. The molecule has 0 aliphatic carbocycles. The van der Waals surface area contributed by atoms with Gasteiger partial charge in [-0.05, 0) is 19.8 Å². The third-order valence-corrected chi connectivity index (χ3v) is 3.84. The minimum atomic E-state index is 0.380. The Labute approximate surface area is 122 Å². The van der Waals surface area contributed by atoms with E-state index in [1.807, 2.05) is 24.6 Å². The number of piperidine rings is 1. The first-order valence-corrected chi connectivity index (χ1v) is 7.11. The van der Waals surface area contributed by atoms with E-state index in [9.17, 15) is 0 Å². The van der Waals surface area contributed by atoms with E-state index >= 15 is 0 Å². The van der Waals surface area contributed by atoms with Crippen LogP contribution in [0.4, 0.5) is 5.82 Å². The number of aryl methyl sites for hydroxylation is 2. The predicted molar refractivity (Wildman–Crippen MR) is 77.0 cm³/mol. The van der Waals surface area contributed by atoms with Crippen molar-refractivity contribution in [3.8, 4) is 0 Å². The Balaban J connectivity index is 1.83. The van der Waals surface area contributed by atoms with Gasteiger partial charge in [-0.2, -0.15) is 0 Å². The molecule has 20 heavy (non-hydrogen) atoms. The number of rotatable bonds is 2. The van der Waals surface area contributed by atoms with Crippen LogP contribution in [0.3, 0.4) is 0 Å². The summed E-state index contributed by atoms with van der Waals surface area (Å²) < 4.78 is 1.99. The highest BCUT2D eigenvalue weighted by molar-refractivity contribution is 6.29. The molecule has 0 aromatic carbocycles. The predicted octanol–water partition coefficient (Wildman–Crippen LogP) is 1.95. The molecule has 0 radical (unpaired) electrons. The molecule has 1 aliphatic heterocycles. The summed E-state index contributed by atoms with van der Waals surface area (Å²) in [5.41, 5.74) is 0. The van der Waals surface area contributed by atoms with Crippen LogP contribution in [0.15, 0.2) is 12.4 Å². The van der Waals surface area contributed by atoms with Crippen LogP contribution in [0.5, 0.6) is 0 Å². The standard InChI is InChI=1S/C13H17ClN6/c1-9-16-11(14)6-12(17-9)20-5-3-4-10(7-20)13-18-15-8-19(13)2/h6,8,10H,3-5,7H2,1-2H3. The maximum atomic E-state index is 6.03. The minimum Gasteiger partial charge on any atom is -0.356 e. The Morgan fingerprint density at radius 1 is 1.35 bits per heavy atom. The fraction of sp³-hybridized carbons (Fsp3) is 0.538. The van der Waals surface area contributed by atoms with E-state index in [1.54, 1.807) is 6.33 Å². The lowest BCUT2D eigenvalue weighted by Crippen LogP contribution is -2.36. The molecule has 1 atom stereocenters. The van der Waals surface area contributed by atoms with Crippen molar-refractivity contribution in [3.63, 3.8) is 0 Å². The summed E-state index contributed by atoms with van der Waals surface area (Å²) in [6, 6.07) is 1.83. The first-order chi connectivity index (χ1) is 9.63. The molecule has 2 aromatic rings. The average Bonchev–Trinajstić information content (AvgIpc) is 2.84. The van der Waals surface area contributed by atoms with Crippen LogP contribution in [-0.4, -0.2) is 37.8 Å². The van der Waals surface area contributed by atoms with Gasteiger partial charge in [-0.15, -0.1) is 10.2 Å². The van der Waals surface area contributed by atoms with Gasteiger partial charge >= 0.3 is 0 Å². The van der Waals surface area contributed by atoms with Crippen LogP contribution in [0.1, 0.15) is 30.4 Å². The lowest BCUT2D eigenvalue weighted by molar-refractivity contribution is 0.477. The highest BCUT2D eigenvalue weighted by atomic mass is 35.5. The van der Waals surface area contributed by atoms with Crippen molar-refractivity contribution in [2.45, 2.75) is 25.7 Å². The SMILES string of the molecule is Cc1nc(Cl)cc(N2CCCC(c3nncn3C)C2)n1. The number of aromatic nitrogens is 5. The molecular formula is C13H17ClN6. The van der Waals surface area contributed by atoms with Crippen LogP contribution >= 0.6 is 11.6 Å². The fourth-order valence-electron chi connectivity index (χ4n) is 2.74. The molecule has 1 aliphatic rings. The van der Waals surface area contributed by atoms with Crippen molar-refractivity contribution in [2.75, 3.05) is 18.0 Å². The molecule has 1 saturated heterocycles. The van der Waals surface area contributed by atoms with E-state index in [0.717, 1.165) is 37.6 Å². The Kier molecular flexibility index (Phi) is 3.56. The van der Waals surface area contributed by atoms with Crippen molar-refractivity contribution in [1.29, 1.82) is 0 Å². The summed E-state index contributed by atoms with van der Waals surface area (Å²) in [7, 11) is 1.99. The summed E-state index contributed by atoms with van der Waals surface area (Å²) in [5, 5.41) is 8.69. The molecule has 7 heteroatoms. The average molecular weight is 293 g/mol. The zero-order valence-corrected chi connectivity index (χ0v) is 12.4. The largest absolute Gasteiger partial charge is 0.356 e. The maximum Gasteiger partial charge on any atom is 0.137 e. The number of halogens is 1. The van der Waals surface area contributed by atoms with E-state index in [2.05, 4.69) is 25.1 Å². The smallest absolute Gasteiger partial charge is 0.137 e. The summed E-state index contributed by atoms with van der Waals surface area (Å²) >= 11 is 6.03. The van der Waals surface area contributed by atoms with Crippen molar-refractivity contribution < 1.29 is 0 Å². The van der Waals surface area contributed by atoms with E-state index in [-0.39, 0.29) is 0 Å². The molecule has 0 saturated carbocycles. The van der Waals surface area contributed by atoms with Gasteiger partial charge in [-0.1, -0.05) is 11.6 Å². The van der Waals surface area contributed by atoms with Crippen molar-refractivity contribution in [3.05, 3.63) is 29.2 Å². The Morgan fingerprint density at radius 3 is 2.90 bits per heavy atom. The van der Waals surface area contributed by atoms with Gasteiger partial charge in [0.1, 0.15) is 28.9 Å². The van der Waals surface area contributed by atoms with E-state index in [0.29, 0.717) is 16.9 Å². The summed E-state index contributed by atoms with van der Waals surface area (Å²) in [6.07, 6.45) is 3.99. The van der Waals surface area contributed by atoms with Gasteiger partial charge in [0.25, 0.3) is 0 Å². The first-order valence-electron chi connectivity index (χ1n) is 6.73.